The van der Waals surface area contributed by atoms with Crippen molar-refractivity contribution in [2.75, 3.05) is 0 Å². The number of carboxylic acid groups (broad SMARTS) is 1. The molecule has 0 aliphatic carbocycles. The first-order chi connectivity index (χ1) is 9.11. The molecule has 98 valence electrons. The minimum absolute atomic E-state index is 0.394. The van der Waals surface area contributed by atoms with Crippen LogP contribution < -0.4 is 0 Å². The molecule has 1 aliphatic rings. The predicted octanol–water partition coefficient (Wildman–Crippen LogP) is 2.23. The van der Waals surface area contributed by atoms with Gasteiger partial charge in [-0.15, -0.1) is 0 Å². The quantitative estimate of drug-likeness (QED) is 0.897. The van der Waals surface area contributed by atoms with Crippen molar-refractivity contribution < 1.29 is 9.90 Å². The number of benzene rings is 1. The highest BCUT2D eigenvalue weighted by atomic mass is 16.4. The second-order valence-electron chi connectivity index (χ2n) is 4.92. The van der Waals surface area contributed by atoms with Crippen LogP contribution in [0.4, 0.5) is 4.79 Å². The van der Waals surface area contributed by atoms with E-state index in [-0.39, 0.29) is 0 Å². The Hall–Kier alpha value is -2.30. The Kier molecular flexibility index (Phi) is 2.74. The van der Waals surface area contributed by atoms with E-state index in [1.165, 1.54) is 16.0 Å². The zero-order valence-electron chi connectivity index (χ0n) is 10.7. The summed E-state index contributed by atoms with van der Waals surface area (Å²) in [5, 5.41) is 13.4. The average molecular weight is 257 g/mol. The molecule has 3 rings (SSSR count). The standard InChI is InChI=1S/C14H15N3O2/c1-10-2-4-11(5-3-10)6-17-8-12-7-16(14(18)19)9-13(12)15-17/h2-5,8H,6-7,9H2,1H3,(H,18,19). The number of fused-ring (bicyclic) bond motifs is 1. The van der Waals surface area contributed by atoms with Crippen LogP contribution in [0.5, 0.6) is 0 Å². The van der Waals surface area contributed by atoms with Crippen LogP contribution >= 0.6 is 0 Å². The number of carbonyl (C=O) groups is 1. The largest absolute Gasteiger partial charge is 0.465 e. The lowest BCUT2D eigenvalue weighted by Crippen LogP contribution is -2.23. The molecule has 0 fully saturated rings. The Morgan fingerprint density at radius 1 is 1.32 bits per heavy atom. The second kappa shape index (κ2) is 4.42. The van der Waals surface area contributed by atoms with Gasteiger partial charge in [-0.25, -0.2) is 4.79 Å². The maximum absolute atomic E-state index is 10.9. The molecule has 1 aliphatic heterocycles. The van der Waals surface area contributed by atoms with Gasteiger partial charge in [0.25, 0.3) is 0 Å². The first kappa shape index (κ1) is 11.8. The van der Waals surface area contributed by atoms with Gasteiger partial charge in [-0.3, -0.25) is 9.58 Å². The number of hydrogen-bond acceptors (Lipinski definition) is 2. The van der Waals surface area contributed by atoms with Gasteiger partial charge < -0.3 is 5.11 Å². The minimum Gasteiger partial charge on any atom is -0.465 e. The van der Waals surface area contributed by atoms with Crippen molar-refractivity contribution in [1.29, 1.82) is 0 Å². The molecule has 0 saturated carbocycles. The normalized spacial score (nSPS) is 13.6. The van der Waals surface area contributed by atoms with Gasteiger partial charge in [0, 0.05) is 11.8 Å². The van der Waals surface area contributed by atoms with E-state index in [1.54, 1.807) is 0 Å². The summed E-state index contributed by atoms with van der Waals surface area (Å²) in [4.78, 5) is 12.2. The molecule has 5 heteroatoms. The maximum Gasteiger partial charge on any atom is 0.407 e. The summed E-state index contributed by atoms with van der Waals surface area (Å²) in [7, 11) is 0. The van der Waals surface area contributed by atoms with Crippen LogP contribution in [0.15, 0.2) is 30.5 Å². The van der Waals surface area contributed by atoms with E-state index in [0.29, 0.717) is 13.1 Å². The fraction of sp³-hybridized carbons (Fsp3) is 0.286. The topological polar surface area (TPSA) is 58.4 Å². The highest BCUT2D eigenvalue weighted by molar-refractivity contribution is 5.66. The average Bonchev–Trinajstić information content (AvgIpc) is 2.90. The number of nitrogens with zero attached hydrogens (tertiary/aromatic N) is 3. The Balaban J connectivity index is 1.74. The van der Waals surface area contributed by atoms with E-state index in [0.717, 1.165) is 17.8 Å². The van der Waals surface area contributed by atoms with Gasteiger partial charge in [-0.1, -0.05) is 29.8 Å². The summed E-state index contributed by atoms with van der Waals surface area (Å²) in [5.74, 6) is 0. The smallest absolute Gasteiger partial charge is 0.407 e. The van der Waals surface area contributed by atoms with Gasteiger partial charge >= 0.3 is 6.09 Å². The Bertz CT molecular complexity index is 593. The fourth-order valence-corrected chi connectivity index (χ4v) is 2.31. The molecule has 1 amide bonds. The first-order valence-electron chi connectivity index (χ1n) is 6.20. The highest BCUT2D eigenvalue weighted by Crippen LogP contribution is 2.21. The molecular formula is C14H15N3O2. The molecule has 0 unspecified atom stereocenters. The van der Waals surface area contributed by atoms with Crippen LogP contribution in [0.3, 0.4) is 0 Å². The van der Waals surface area contributed by atoms with E-state index in [1.807, 2.05) is 10.9 Å². The third-order valence-electron chi connectivity index (χ3n) is 3.36. The molecule has 5 nitrogen and oxygen atoms in total. The van der Waals surface area contributed by atoms with Gasteiger partial charge in [0.2, 0.25) is 0 Å². The monoisotopic (exact) mass is 257 g/mol. The van der Waals surface area contributed by atoms with E-state index in [9.17, 15) is 4.79 Å². The molecule has 2 aromatic rings. The van der Waals surface area contributed by atoms with Crippen LogP contribution in [0.1, 0.15) is 22.4 Å². The second-order valence-corrected chi connectivity index (χ2v) is 4.92. The van der Waals surface area contributed by atoms with Crippen LogP contribution in [-0.4, -0.2) is 25.9 Å². The Morgan fingerprint density at radius 2 is 2.05 bits per heavy atom. The molecule has 1 N–H and O–H groups in total. The van der Waals surface area contributed by atoms with Gasteiger partial charge in [0.05, 0.1) is 25.3 Å². The predicted molar refractivity (Wildman–Crippen MR) is 69.8 cm³/mol. The molecular weight excluding hydrogens is 242 g/mol. The molecule has 0 radical (unpaired) electrons. The first-order valence-corrected chi connectivity index (χ1v) is 6.20. The van der Waals surface area contributed by atoms with Crippen LogP contribution in [0, 0.1) is 6.92 Å². The maximum atomic E-state index is 10.9. The van der Waals surface area contributed by atoms with Gasteiger partial charge in [-0.2, -0.15) is 5.10 Å². The SMILES string of the molecule is Cc1ccc(Cn2cc3c(n2)CN(C(=O)O)C3)cc1. The van der Waals surface area contributed by atoms with Crippen LogP contribution in [0.25, 0.3) is 0 Å². The molecule has 19 heavy (non-hydrogen) atoms. The summed E-state index contributed by atoms with van der Waals surface area (Å²) in [5.41, 5.74) is 4.31. The lowest BCUT2D eigenvalue weighted by Gasteiger charge is -2.10. The van der Waals surface area contributed by atoms with Crippen molar-refractivity contribution >= 4 is 6.09 Å². The van der Waals surface area contributed by atoms with Crippen molar-refractivity contribution in [2.45, 2.75) is 26.6 Å². The zero-order valence-corrected chi connectivity index (χ0v) is 10.7. The molecule has 0 atom stereocenters. The molecule has 1 aromatic heterocycles. The van der Waals surface area contributed by atoms with Crippen molar-refractivity contribution in [1.82, 2.24) is 14.7 Å². The number of amides is 1. The minimum atomic E-state index is -0.886. The third-order valence-corrected chi connectivity index (χ3v) is 3.36. The van der Waals surface area contributed by atoms with E-state index < -0.39 is 6.09 Å². The van der Waals surface area contributed by atoms with Crippen molar-refractivity contribution in [3.8, 4) is 0 Å². The third kappa shape index (κ3) is 2.31. The summed E-state index contributed by atoms with van der Waals surface area (Å²) in [6, 6.07) is 8.34. The number of aromatic nitrogens is 2. The summed E-state index contributed by atoms with van der Waals surface area (Å²) in [6.07, 6.45) is 1.06. The van der Waals surface area contributed by atoms with Crippen molar-refractivity contribution in [2.24, 2.45) is 0 Å². The summed E-state index contributed by atoms with van der Waals surface area (Å²) >= 11 is 0. The van der Waals surface area contributed by atoms with E-state index >= 15 is 0 Å². The zero-order chi connectivity index (χ0) is 13.4. The van der Waals surface area contributed by atoms with Crippen LogP contribution in [-0.2, 0) is 19.6 Å². The van der Waals surface area contributed by atoms with Crippen molar-refractivity contribution in [3.05, 3.63) is 52.8 Å². The van der Waals surface area contributed by atoms with Crippen LogP contribution in [0.2, 0.25) is 0 Å². The van der Waals surface area contributed by atoms with E-state index in [4.69, 9.17) is 5.11 Å². The van der Waals surface area contributed by atoms with Gasteiger partial charge in [0.1, 0.15) is 0 Å². The number of aryl methyl sites for hydroxylation is 1. The van der Waals surface area contributed by atoms with Crippen molar-refractivity contribution in [3.63, 3.8) is 0 Å². The summed E-state index contributed by atoms with van der Waals surface area (Å²) < 4.78 is 1.88. The highest BCUT2D eigenvalue weighted by Gasteiger charge is 2.25. The number of rotatable bonds is 2. The Morgan fingerprint density at radius 3 is 2.68 bits per heavy atom. The molecule has 2 heterocycles. The lowest BCUT2D eigenvalue weighted by atomic mass is 10.1. The Labute approximate surface area is 111 Å². The van der Waals surface area contributed by atoms with Gasteiger partial charge in [0.15, 0.2) is 0 Å². The number of hydrogen-bond donors (Lipinski definition) is 1. The molecule has 0 saturated heterocycles. The molecule has 0 bridgehead atoms. The summed E-state index contributed by atoms with van der Waals surface area (Å²) in [6.45, 7) is 3.62. The lowest BCUT2D eigenvalue weighted by molar-refractivity contribution is 0.144. The molecule has 1 aromatic carbocycles. The molecule has 0 spiro atoms. The fourth-order valence-electron chi connectivity index (χ4n) is 2.31. The van der Waals surface area contributed by atoms with Gasteiger partial charge in [-0.05, 0) is 12.5 Å². The van der Waals surface area contributed by atoms with E-state index in [2.05, 4.69) is 36.3 Å².